The normalized spacial score (nSPS) is 54.0. The molecule has 7 aliphatic heterocycles. The Balaban J connectivity index is 0.703. The molecule has 5 unspecified atom stereocenters. The van der Waals surface area contributed by atoms with Crippen LogP contribution in [0.2, 0.25) is 0 Å². The van der Waals surface area contributed by atoms with Crippen LogP contribution in [0.1, 0.15) is 120 Å². The quantitative estimate of drug-likeness (QED) is 0.0325. The summed E-state index contributed by atoms with van der Waals surface area (Å²) >= 11 is 0. The molecule has 7 heterocycles. The maximum Gasteiger partial charge on any atom is 0.317 e. The summed E-state index contributed by atoms with van der Waals surface area (Å²) in [6.07, 6.45) is -51.1. The first-order valence-electron chi connectivity index (χ1n) is 37.1. The van der Waals surface area contributed by atoms with Crippen LogP contribution in [0.3, 0.4) is 0 Å². The second kappa shape index (κ2) is 31.2. The summed E-state index contributed by atoms with van der Waals surface area (Å²) in [5.74, 6) is -0.862. The Hall–Kier alpha value is -2.15. The van der Waals surface area contributed by atoms with Gasteiger partial charge in [-0.2, -0.15) is 0 Å². The minimum absolute atomic E-state index is 0.0183. The summed E-state index contributed by atoms with van der Waals surface area (Å²) in [6.45, 7) is 12.0. The Bertz CT molecular complexity index is 3020. The molecule has 11 fully saturated rings. The lowest BCUT2D eigenvalue weighted by Gasteiger charge is -2.72. The molecule has 0 aromatic heterocycles. The molecule has 5 aliphatic carbocycles. The Labute approximate surface area is 612 Å². The first kappa shape index (κ1) is 83.3. The molecule has 41 atom stereocenters. The van der Waals surface area contributed by atoms with Crippen LogP contribution < -0.4 is 0 Å². The van der Waals surface area contributed by atoms with Crippen LogP contribution in [0.4, 0.5) is 0 Å². The van der Waals surface area contributed by atoms with Gasteiger partial charge in [-0.05, 0) is 116 Å². The molecule has 36 nitrogen and oxygen atoms in total. The van der Waals surface area contributed by atoms with E-state index in [9.17, 15) is 107 Å². The molecule has 0 aromatic carbocycles. The van der Waals surface area contributed by atoms with Crippen molar-refractivity contribution in [2.75, 3.05) is 39.6 Å². The summed E-state index contributed by atoms with van der Waals surface area (Å²) in [7, 11) is 0. The molecule has 21 N–H and O–H groups in total. The Morgan fingerprint density at radius 2 is 1.02 bits per heavy atom. The van der Waals surface area contributed by atoms with Crippen molar-refractivity contribution in [3.63, 3.8) is 0 Å². The van der Waals surface area contributed by atoms with E-state index in [0.29, 0.717) is 50.5 Å². The molecule has 0 radical (unpaired) electrons. The van der Waals surface area contributed by atoms with Crippen LogP contribution >= 0.6 is 0 Å². The second-order valence-electron chi connectivity index (χ2n) is 33.9. The third-order valence-corrected chi connectivity index (χ3v) is 27.0. The SMILES string of the molecule is C[C@@H]1O[C@@H](O[C@@H]2CO[C@@H](OC3CC[C@@]4(C)C(CC[C@]5(C)C4CC=C4C5(C)CC[C@@]5(C(=O)O[C@@H]6O[C@H](CO)[C@H](O[C@@H]7O[C@H](C(O)CO)[C@H](O)[C@H]7O[C@@H]7O[C@H](CO)[C@@H](O)[C@H](O)[C@H]7O)[C@H](O)[C@H]6O)CCC(C)(C)C[C@@]45O)C3(C)C)[C@H](O)[C@H]2O)[C@@H](O[C@@H]2OC[C@@H](O)[C@H](O[C@@H]3O[C@H](CO)[C@@H](O)[C@H](O)[C@H]3O)[C@H]2O)[C@H](O)[C@@H]1O. The predicted molar refractivity (Wildman–Crippen MR) is 349 cm³/mol. The molecule has 0 amide bonds. The highest BCUT2D eigenvalue weighted by atomic mass is 16.8. The molecule has 610 valence electrons. The fraction of sp³-hybridized carbons (Fsp3) is 0.957. The van der Waals surface area contributed by atoms with Gasteiger partial charge in [-0.25, -0.2) is 0 Å². The number of fused-ring (bicyclic) bond motifs is 7. The molecule has 4 saturated carbocycles. The topological polar surface area (TPSA) is 571 Å². The van der Waals surface area contributed by atoms with Crippen molar-refractivity contribution in [2.45, 2.75) is 334 Å². The van der Waals surface area contributed by atoms with Gasteiger partial charge in [0.15, 0.2) is 37.7 Å². The summed E-state index contributed by atoms with van der Waals surface area (Å²) in [4.78, 5) is 15.4. The van der Waals surface area contributed by atoms with Crippen LogP contribution in [-0.4, -0.2) is 367 Å². The molecule has 12 rings (SSSR count). The van der Waals surface area contributed by atoms with Gasteiger partial charge in [0.05, 0.1) is 51.8 Å². The lowest BCUT2D eigenvalue weighted by Crippen LogP contribution is -2.70. The first-order chi connectivity index (χ1) is 49.7. The standard InChI is InChI=1S/C70H114O36/c1-26-37(77)43(83)54(104-57-50(90)52(28(76)23-93-57)101-58-46(86)41(81)38(78)29(20-72)96-58)61(95-26)99-32-24-94-56(45(85)40(32)80)100-36-12-13-66(6)33(65(36,4)5)11-14-67(7)34(66)9-10-35-68(67,8)16-18-69(17-15-64(2,3)25-70(35,69)92)63(91)106-60-48(88)44(84)53(31(22-74)98-60)103-62-55(49(89)51(102-62)27(75)19-71)105-59-47(87)42(82)39(79)30(21-73)97-59/h10,26-34,36-62,71-90,92H,9,11-25H2,1-8H3/t26-,27?,28+,29+,30+,31+,32+,33?,34?,36?,37+,38+,39+,40-,41-,42-,43+,44+,45+,46+,47+,48+,49-,50+,51+,52-,53-,54-,55+,56-,57-,58-,59-,60-,61-,62-,66-,67+,68?,69+,70+/m0/s1. The summed E-state index contributed by atoms with van der Waals surface area (Å²) < 4.78 is 83.0. The number of hydrogen-bond donors (Lipinski definition) is 21. The Morgan fingerprint density at radius 3 is 1.64 bits per heavy atom. The van der Waals surface area contributed by atoms with Crippen molar-refractivity contribution in [1.82, 2.24) is 0 Å². The highest BCUT2D eigenvalue weighted by Crippen LogP contribution is 2.77. The number of aliphatic hydroxyl groups excluding tert-OH is 20. The van der Waals surface area contributed by atoms with Crippen molar-refractivity contribution < 1.29 is 178 Å². The highest BCUT2D eigenvalue weighted by molar-refractivity contribution is 5.81. The summed E-state index contributed by atoms with van der Waals surface area (Å²) in [5.41, 5.74) is -5.31. The van der Waals surface area contributed by atoms with Gasteiger partial charge in [-0.3, -0.25) is 4.79 Å². The van der Waals surface area contributed by atoms with E-state index < -0.39 is 281 Å². The van der Waals surface area contributed by atoms with Crippen LogP contribution in [0.5, 0.6) is 0 Å². The highest BCUT2D eigenvalue weighted by Gasteiger charge is 2.75. The van der Waals surface area contributed by atoms with Gasteiger partial charge < -0.3 is 174 Å². The van der Waals surface area contributed by atoms with Crippen molar-refractivity contribution in [1.29, 1.82) is 0 Å². The van der Waals surface area contributed by atoms with E-state index in [0.717, 1.165) is 0 Å². The van der Waals surface area contributed by atoms with Crippen LogP contribution in [0.15, 0.2) is 11.6 Å². The molecule has 7 saturated heterocycles. The number of aliphatic hydroxyl groups is 21. The summed E-state index contributed by atoms with van der Waals surface area (Å²) in [6, 6.07) is 0. The van der Waals surface area contributed by atoms with E-state index in [-0.39, 0.29) is 43.1 Å². The van der Waals surface area contributed by atoms with Crippen molar-refractivity contribution in [3.8, 4) is 0 Å². The van der Waals surface area contributed by atoms with Crippen LogP contribution in [0, 0.1) is 44.3 Å². The molecule has 12 aliphatic rings. The number of allylic oxidation sites excluding steroid dienone is 1. The van der Waals surface area contributed by atoms with Gasteiger partial charge in [0.25, 0.3) is 0 Å². The number of carbonyl (C=O) groups is 1. The summed E-state index contributed by atoms with van der Waals surface area (Å²) in [5, 5.41) is 231. The van der Waals surface area contributed by atoms with Crippen molar-refractivity contribution in [2.24, 2.45) is 44.3 Å². The molecule has 0 spiro atoms. The smallest absolute Gasteiger partial charge is 0.317 e. The molecular weight excluding hydrogens is 1420 g/mol. The van der Waals surface area contributed by atoms with Crippen LogP contribution in [0.25, 0.3) is 0 Å². The third kappa shape index (κ3) is 14.1. The molecule has 106 heavy (non-hydrogen) atoms. The average molecular weight is 1530 g/mol. The van der Waals surface area contributed by atoms with E-state index in [2.05, 4.69) is 40.7 Å². The van der Waals surface area contributed by atoms with Gasteiger partial charge >= 0.3 is 5.97 Å². The first-order valence-corrected chi connectivity index (χ1v) is 37.1. The van der Waals surface area contributed by atoms with Gasteiger partial charge in [0, 0.05) is 0 Å². The van der Waals surface area contributed by atoms with E-state index in [4.69, 9.17) is 66.3 Å². The van der Waals surface area contributed by atoms with Crippen molar-refractivity contribution in [3.05, 3.63) is 11.6 Å². The van der Waals surface area contributed by atoms with E-state index in [1.54, 1.807) is 0 Å². The van der Waals surface area contributed by atoms with Crippen LogP contribution in [-0.2, 0) is 71.1 Å². The number of hydrogen-bond acceptors (Lipinski definition) is 36. The lowest BCUT2D eigenvalue weighted by atomic mass is 9.33. The third-order valence-electron chi connectivity index (χ3n) is 27.0. The predicted octanol–water partition coefficient (Wildman–Crippen LogP) is -7.14. The number of rotatable bonds is 19. The van der Waals surface area contributed by atoms with Gasteiger partial charge in [-0.1, -0.05) is 54.5 Å². The zero-order valence-corrected chi connectivity index (χ0v) is 60.7. The minimum atomic E-state index is -2.10. The average Bonchev–Trinajstić information content (AvgIpc) is 0.667. The second-order valence-corrected chi connectivity index (χ2v) is 33.9. The number of esters is 1. The van der Waals surface area contributed by atoms with E-state index in [1.807, 2.05) is 13.8 Å². The maximum absolute atomic E-state index is 15.4. The molecule has 0 bridgehead atoms. The number of carbonyl (C=O) groups excluding carboxylic acids is 1. The number of ether oxygens (including phenoxy) is 14. The minimum Gasteiger partial charge on any atom is -0.432 e. The van der Waals surface area contributed by atoms with E-state index in [1.165, 1.54) is 6.92 Å². The largest absolute Gasteiger partial charge is 0.432 e. The zero-order chi connectivity index (χ0) is 77.4. The fourth-order valence-electron chi connectivity index (χ4n) is 20.5. The monoisotopic (exact) mass is 1530 g/mol. The molecule has 36 heteroatoms. The maximum atomic E-state index is 15.4. The molecular formula is C70H114O36. The fourth-order valence-corrected chi connectivity index (χ4v) is 20.5. The van der Waals surface area contributed by atoms with Gasteiger partial charge in [0.1, 0.15) is 164 Å². The zero-order valence-electron chi connectivity index (χ0n) is 60.7. The Kier molecular flexibility index (Phi) is 24.5. The van der Waals surface area contributed by atoms with E-state index >= 15 is 4.79 Å². The lowest BCUT2D eigenvalue weighted by molar-refractivity contribution is -0.384. The Morgan fingerprint density at radius 1 is 0.491 bits per heavy atom. The van der Waals surface area contributed by atoms with Gasteiger partial charge in [-0.15, -0.1) is 0 Å². The molecule has 0 aromatic rings. The van der Waals surface area contributed by atoms with Gasteiger partial charge in [0.2, 0.25) is 6.29 Å². The van der Waals surface area contributed by atoms with Crippen molar-refractivity contribution >= 4 is 5.97 Å².